The van der Waals surface area contributed by atoms with Crippen molar-refractivity contribution in [2.45, 2.75) is 25.5 Å². The van der Waals surface area contributed by atoms with Crippen LogP contribution in [0.5, 0.6) is 0 Å². The molecule has 3 heteroatoms. The van der Waals surface area contributed by atoms with E-state index in [0.29, 0.717) is 0 Å². The zero-order chi connectivity index (χ0) is 6.27. The van der Waals surface area contributed by atoms with Crippen LogP contribution in [-0.2, 0) is 4.74 Å². The number of hydrogen-bond acceptors (Lipinski definition) is 2. The van der Waals surface area contributed by atoms with E-state index in [2.05, 4.69) is 0 Å². The summed E-state index contributed by atoms with van der Waals surface area (Å²) in [7, 11) is 0. The van der Waals surface area contributed by atoms with Crippen molar-refractivity contribution in [1.82, 2.24) is 4.90 Å². The van der Waals surface area contributed by atoms with Crippen molar-refractivity contribution in [2.75, 3.05) is 6.54 Å². The van der Waals surface area contributed by atoms with Gasteiger partial charge in [-0.05, 0) is 12.8 Å². The Morgan fingerprint density at radius 2 is 2.44 bits per heavy atom. The lowest BCUT2D eigenvalue weighted by Gasteiger charge is -2.42. The molecular formula is C6H9NO2. The third-order valence-electron chi connectivity index (χ3n) is 1.92. The van der Waals surface area contributed by atoms with Crippen LogP contribution in [0.1, 0.15) is 19.3 Å². The van der Waals surface area contributed by atoms with Gasteiger partial charge < -0.3 is 4.74 Å². The summed E-state index contributed by atoms with van der Waals surface area (Å²) in [6.45, 7) is 0.906. The molecule has 2 saturated heterocycles. The Morgan fingerprint density at radius 1 is 1.56 bits per heavy atom. The molecule has 1 unspecified atom stereocenters. The summed E-state index contributed by atoms with van der Waals surface area (Å²) in [4.78, 5) is 12.4. The third-order valence-corrected chi connectivity index (χ3v) is 1.92. The number of amides is 1. The maximum atomic E-state index is 10.6. The van der Waals surface area contributed by atoms with Crippen LogP contribution in [0.4, 0.5) is 4.79 Å². The first-order valence-electron chi connectivity index (χ1n) is 3.35. The highest BCUT2D eigenvalue weighted by Crippen LogP contribution is 2.26. The van der Waals surface area contributed by atoms with Crippen LogP contribution in [-0.4, -0.2) is 23.8 Å². The number of rotatable bonds is 0. The molecule has 0 aromatic carbocycles. The normalized spacial score (nSPS) is 32.7. The fourth-order valence-corrected chi connectivity index (χ4v) is 1.37. The van der Waals surface area contributed by atoms with E-state index in [4.69, 9.17) is 4.74 Å². The molecule has 2 fully saturated rings. The fourth-order valence-electron chi connectivity index (χ4n) is 1.37. The van der Waals surface area contributed by atoms with Gasteiger partial charge >= 0.3 is 6.09 Å². The molecule has 0 saturated carbocycles. The monoisotopic (exact) mass is 127 g/mol. The topological polar surface area (TPSA) is 29.5 Å². The van der Waals surface area contributed by atoms with E-state index in [0.717, 1.165) is 19.4 Å². The SMILES string of the molecule is O=C1OC2CCCCN12. The summed E-state index contributed by atoms with van der Waals surface area (Å²) in [5, 5.41) is 0. The number of fused-ring (bicyclic) bond motifs is 1. The van der Waals surface area contributed by atoms with Crippen molar-refractivity contribution in [1.29, 1.82) is 0 Å². The Hall–Kier alpha value is -0.730. The van der Waals surface area contributed by atoms with Gasteiger partial charge in [0.2, 0.25) is 0 Å². The van der Waals surface area contributed by atoms with Crippen LogP contribution in [0.25, 0.3) is 0 Å². The van der Waals surface area contributed by atoms with Gasteiger partial charge in [-0.15, -0.1) is 0 Å². The van der Waals surface area contributed by atoms with Gasteiger partial charge in [-0.2, -0.15) is 0 Å². The molecule has 0 aliphatic carbocycles. The Bertz CT molecular complexity index is 146. The predicted molar refractivity (Wildman–Crippen MR) is 30.8 cm³/mol. The maximum absolute atomic E-state index is 10.6. The van der Waals surface area contributed by atoms with Gasteiger partial charge in [0.1, 0.15) is 0 Å². The minimum Gasteiger partial charge on any atom is -0.425 e. The number of piperidine rings is 1. The second-order valence-electron chi connectivity index (χ2n) is 2.53. The highest BCUT2D eigenvalue weighted by Gasteiger charge is 2.39. The Labute approximate surface area is 53.6 Å². The van der Waals surface area contributed by atoms with E-state index < -0.39 is 0 Å². The van der Waals surface area contributed by atoms with E-state index in [1.54, 1.807) is 4.90 Å². The molecule has 1 amide bonds. The molecule has 2 aliphatic heterocycles. The summed E-state index contributed by atoms with van der Waals surface area (Å²) in [6, 6.07) is 0. The minimum absolute atomic E-state index is 0.125. The van der Waals surface area contributed by atoms with Gasteiger partial charge in [0.25, 0.3) is 0 Å². The zero-order valence-corrected chi connectivity index (χ0v) is 5.17. The van der Waals surface area contributed by atoms with Gasteiger partial charge in [0, 0.05) is 13.0 Å². The second kappa shape index (κ2) is 1.62. The molecule has 3 nitrogen and oxygen atoms in total. The van der Waals surface area contributed by atoms with Crippen LogP contribution in [0.2, 0.25) is 0 Å². The lowest BCUT2D eigenvalue weighted by molar-refractivity contribution is -0.113. The smallest absolute Gasteiger partial charge is 0.414 e. The average Bonchev–Trinajstić information content (AvgIpc) is 1.86. The Morgan fingerprint density at radius 3 is 3.00 bits per heavy atom. The number of nitrogens with zero attached hydrogens (tertiary/aromatic N) is 1. The molecule has 0 N–H and O–H groups in total. The summed E-state index contributed by atoms with van der Waals surface area (Å²) < 4.78 is 4.83. The first-order valence-corrected chi connectivity index (χ1v) is 3.35. The maximum Gasteiger partial charge on any atom is 0.414 e. The van der Waals surface area contributed by atoms with E-state index >= 15 is 0 Å². The average molecular weight is 127 g/mol. The van der Waals surface area contributed by atoms with E-state index in [-0.39, 0.29) is 12.3 Å². The van der Waals surface area contributed by atoms with Gasteiger partial charge in [0.15, 0.2) is 6.23 Å². The van der Waals surface area contributed by atoms with Gasteiger partial charge in [-0.3, -0.25) is 4.90 Å². The molecule has 2 aliphatic rings. The highest BCUT2D eigenvalue weighted by atomic mass is 16.6. The van der Waals surface area contributed by atoms with E-state index in [1.165, 1.54) is 6.42 Å². The molecule has 0 bridgehead atoms. The molecule has 0 aromatic rings. The van der Waals surface area contributed by atoms with E-state index in [1.807, 2.05) is 0 Å². The quantitative estimate of drug-likeness (QED) is 0.484. The fraction of sp³-hybridized carbons (Fsp3) is 0.833. The summed E-state index contributed by atoms with van der Waals surface area (Å²) in [5.74, 6) is 0. The summed E-state index contributed by atoms with van der Waals surface area (Å²) >= 11 is 0. The third kappa shape index (κ3) is 0.605. The Balaban J connectivity index is 2.01. The molecular weight excluding hydrogens is 118 g/mol. The zero-order valence-electron chi connectivity index (χ0n) is 5.17. The lowest BCUT2D eigenvalue weighted by Crippen LogP contribution is -2.56. The summed E-state index contributed by atoms with van der Waals surface area (Å²) in [5.41, 5.74) is 0. The number of carbonyl (C=O) groups is 1. The highest BCUT2D eigenvalue weighted by molar-refractivity contribution is 5.72. The van der Waals surface area contributed by atoms with Crippen molar-refractivity contribution in [3.05, 3.63) is 0 Å². The van der Waals surface area contributed by atoms with Gasteiger partial charge in [-0.1, -0.05) is 0 Å². The van der Waals surface area contributed by atoms with Gasteiger partial charge in [0.05, 0.1) is 0 Å². The summed E-state index contributed by atoms with van der Waals surface area (Å²) in [6.07, 6.45) is 3.40. The van der Waals surface area contributed by atoms with Crippen molar-refractivity contribution in [3.8, 4) is 0 Å². The molecule has 0 radical (unpaired) electrons. The molecule has 2 rings (SSSR count). The molecule has 9 heavy (non-hydrogen) atoms. The largest absolute Gasteiger partial charge is 0.425 e. The second-order valence-corrected chi connectivity index (χ2v) is 2.53. The molecule has 50 valence electrons. The van der Waals surface area contributed by atoms with Crippen molar-refractivity contribution in [2.24, 2.45) is 0 Å². The number of hydrogen-bond donors (Lipinski definition) is 0. The van der Waals surface area contributed by atoms with Crippen LogP contribution in [0, 0.1) is 0 Å². The van der Waals surface area contributed by atoms with Crippen molar-refractivity contribution >= 4 is 6.09 Å². The molecule has 2 heterocycles. The Kier molecular flexibility index (Phi) is 0.917. The molecule has 0 aromatic heterocycles. The first-order chi connectivity index (χ1) is 4.38. The van der Waals surface area contributed by atoms with Crippen LogP contribution in [0.3, 0.4) is 0 Å². The van der Waals surface area contributed by atoms with Crippen LogP contribution >= 0.6 is 0 Å². The van der Waals surface area contributed by atoms with E-state index in [9.17, 15) is 4.79 Å². The van der Waals surface area contributed by atoms with Crippen LogP contribution < -0.4 is 0 Å². The molecule has 1 atom stereocenters. The number of carbonyl (C=O) groups excluding carboxylic acids is 1. The lowest BCUT2D eigenvalue weighted by atomic mass is 10.1. The number of ether oxygens (including phenoxy) is 1. The standard InChI is InChI=1S/C6H9NO2/c8-6-7-4-2-1-3-5(7)9-6/h5H,1-4H2. The van der Waals surface area contributed by atoms with Gasteiger partial charge in [-0.25, -0.2) is 4.79 Å². The van der Waals surface area contributed by atoms with Crippen molar-refractivity contribution < 1.29 is 9.53 Å². The van der Waals surface area contributed by atoms with Crippen molar-refractivity contribution in [3.63, 3.8) is 0 Å². The molecule has 0 spiro atoms. The predicted octanol–water partition coefficient (Wildman–Crippen LogP) is 0.949. The first kappa shape index (κ1) is 5.09. The minimum atomic E-state index is -0.125. The van der Waals surface area contributed by atoms with Crippen LogP contribution in [0.15, 0.2) is 0 Å².